The van der Waals surface area contributed by atoms with Crippen LogP contribution in [-0.2, 0) is 0 Å². The number of halogens is 2. The predicted octanol–water partition coefficient (Wildman–Crippen LogP) is 1.45. The molecule has 0 radical (unpaired) electrons. The van der Waals surface area contributed by atoms with Crippen molar-refractivity contribution in [3.8, 4) is 0 Å². The van der Waals surface area contributed by atoms with Gasteiger partial charge >= 0.3 is 0 Å². The van der Waals surface area contributed by atoms with Gasteiger partial charge in [0.15, 0.2) is 0 Å². The van der Waals surface area contributed by atoms with E-state index < -0.39 is 11.6 Å². The van der Waals surface area contributed by atoms with Crippen LogP contribution in [0.5, 0.6) is 0 Å². The van der Waals surface area contributed by atoms with Crippen molar-refractivity contribution >= 4 is 9.24 Å². The number of alkyl halides is 2. The van der Waals surface area contributed by atoms with E-state index in [1.165, 1.54) is 0 Å². The van der Waals surface area contributed by atoms with Gasteiger partial charge in [-0.25, -0.2) is 8.78 Å². The highest BCUT2D eigenvalue weighted by Crippen LogP contribution is 2.36. The summed E-state index contributed by atoms with van der Waals surface area (Å²) in [5.41, 5.74) is -2.55. The van der Waals surface area contributed by atoms with Gasteiger partial charge in [-0.3, -0.25) is 0 Å². The summed E-state index contributed by atoms with van der Waals surface area (Å²) < 4.78 is 25.1. The molecule has 0 spiro atoms. The van der Waals surface area contributed by atoms with E-state index in [2.05, 4.69) is 5.32 Å². The monoisotopic (exact) mass is 167 g/mol. The Morgan fingerprint density at radius 3 is 2.10 bits per heavy atom. The number of nitrogens with one attached hydrogen (secondary N) is 1. The standard InChI is InChI=1S/C6H12F2NP/c7-6(8,10)5-1-3-9-4-2-5/h5,9H,1-4,10H2. The molecular weight excluding hydrogens is 155 g/mol. The maximum absolute atomic E-state index is 12.5. The fraction of sp³-hybridized carbons (Fsp3) is 1.00. The third kappa shape index (κ3) is 2.14. The maximum Gasteiger partial charge on any atom is 0.261 e. The average molecular weight is 167 g/mol. The third-order valence-corrected chi connectivity index (χ3v) is 2.35. The third-order valence-electron chi connectivity index (χ3n) is 1.88. The molecule has 60 valence electrons. The summed E-state index contributed by atoms with van der Waals surface area (Å²) in [6.45, 7) is 1.46. The zero-order valence-corrected chi connectivity index (χ0v) is 6.89. The van der Waals surface area contributed by atoms with Crippen molar-refractivity contribution in [3.05, 3.63) is 0 Å². The van der Waals surface area contributed by atoms with Crippen molar-refractivity contribution in [1.82, 2.24) is 5.32 Å². The molecule has 1 nitrogen and oxygen atoms in total. The van der Waals surface area contributed by atoms with E-state index in [9.17, 15) is 8.78 Å². The zero-order chi connectivity index (χ0) is 7.61. The van der Waals surface area contributed by atoms with Gasteiger partial charge in [0.05, 0.1) is 0 Å². The molecule has 0 aromatic heterocycles. The van der Waals surface area contributed by atoms with Crippen LogP contribution in [0.15, 0.2) is 0 Å². The lowest BCUT2D eigenvalue weighted by Crippen LogP contribution is -2.34. The Balaban J connectivity index is 2.39. The minimum atomic E-state index is -2.55. The molecule has 4 heteroatoms. The molecule has 1 saturated heterocycles. The van der Waals surface area contributed by atoms with Gasteiger partial charge < -0.3 is 5.32 Å². The van der Waals surface area contributed by atoms with Gasteiger partial charge in [-0.15, -0.1) is 0 Å². The number of hydrogen-bond donors (Lipinski definition) is 1. The van der Waals surface area contributed by atoms with Crippen LogP contribution >= 0.6 is 9.24 Å². The van der Waals surface area contributed by atoms with Crippen LogP contribution in [0.2, 0.25) is 0 Å². The lowest BCUT2D eigenvalue weighted by Gasteiger charge is -2.27. The fourth-order valence-electron chi connectivity index (χ4n) is 1.21. The van der Waals surface area contributed by atoms with Crippen LogP contribution in [-0.4, -0.2) is 18.8 Å². The van der Waals surface area contributed by atoms with Crippen LogP contribution in [0.25, 0.3) is 0 Å². The van der Waals surface area contributed by atoms with Gasteiger partial charge in [-0.1, -0.05) is 9.24 Å². The summed E-state index contributed by atoms with van der Waals surface area (Å²) in [6.07, 6.45) is 1.19. The molecule has 1 N–H and O–H groups in total. The Labute approximate surface area is 61.8 Å². The van der Waals surface area contributed by atoms with Crippen molar-refractivity contribution in [3.63, 3.8) is 0 Å². The number of rotatable bonds is 1. The van der Waals surface area contributed by atoms with Crippen molar-refractivity contribution in [2.45, 2.75) is 18.5 Å². The zero-order valence-electron chi connectivity index (χ0n) is 5.74. The highest BCUT2D eigenvalue weighted by atomic mass is 31.0. The molecule has 0 aliphatic carbocycles. The molecule has 1 unspecified atom stereocenters. The minimum absolute atomic E-state index is 0.432. The maximum atomic E-state index is 12.5. The van der Waals surface area contributed by atoms with E-state index in [1.807, 2.05) is 0 Å². The van der Waals surface area contributed by atoms with Crippen molar-refractivity contribution in [1.29, 1.82) is 0 Å². The summed E-state index contributed by atoms with van der Waals surface area (Å²) in [5, 5.41) is 3.04. The van der Waals surface area contributed by atoms with Crippen molar-refractivity contribution < 1.29 is 8.78 Å². The lowest BCUT2D eigenvalue weighted by atomic mass is 9.99. The first-order chi connectivity index (χ1) is 4.61. The van der Waals surface area contributed by atoms with Crippen molar-refractivity contribution in [2.75, 3.05) is 13.1 Å². The second-order valence-electron chi connectivity index (χ2n) is 2.70. The number of piperidine rings is 1. The molecule has 0 amide bonds. The molecule has 1 fully saturated rings. The summed E-state index contributed by atoms with van der Waals surface area (Å²) in [6, 6.07) is 0. The normalized spacial score (nSPS) is 23.1. The molecule has 1 heterocycles. The van der Waals surface area contributed by atoms with Gasteiger partial charge in [-0.2, -0.15) is 0 Å². The van der Waals surface area contributed by atoms with Crippen LogP contribution in [0, 0.1) is 5.92 Å². The summed E-state index contributed by atoms with van der Waals surface area (Å²) in [7, 11) is 1.62. The molecule has 1 atom stereocenters. The van der Waals surface area contributed by atoms with E-state index >= 15 is 0 Å². The smallest absolute Gasteiger partial charge is 0.261 e. The SMILES string of the molecule is FC(F)(P)C1CCNCC1. The van der Waals surface area contributed by atoms with E-state index in [0.717, 1.165) is 13.1 Å². The first kappa shape index (κ1) is 8.35. The Kier molecular flexibility index (Phi) is 2.59. The van der Waals surface area contributed by atoms with Gasteiger partial charge in [-0.05, 0) is 25.9 Å². The quantitative estimate of drug-likeness (QED) is 0.583. The summed E-state index contributed by atoms with van der Waals surface area (Å²) >= 11 is 0. The molecule has 1 aliphatic heterocycles. The van der Waals surface area contributed by atoms with Gasteiger partial charge in [0.25, 0.3) is 5.66 Å². The first-order valence-electron chi connectivity index (χ1n) is 3.48. The Bertz CT molecular complexity index is 107. The summed E-state index contributed by atoms with van der Waals surface area (Å²) in [5.74, 6) is -0.432. The summed E-state index contributed by atoms with van der Waals surface area (Å²) in [4.78, 5) is 0. The predicted molar refractivity (Wildman–Crippen MR) is 40.3 cm³/mol. The van der Waals surface area contributed by atoms with Crippen LogP contribution in [0.3, 0.4) is 0 Å². The Morgan fingerprint density at radius 1 is 1.30 bits per heavy atom. The molecule has 10 heavy (non-hydrogen) atoms. The van der Waals surface area contributed by atoms with E-state index in [0.29, 0.717) is 12.8 Å². The molecule has 0 aromatic rings. The molecule has 1 aliphatic rings. The minimum Gasteiger partial charge on any atom is -0.317 e. The van der Waals surface area contributed by atoms with Crippen LogP contribution in [0.4, 0.5) is 8.78 Å². The number of hydrogen-bond acceptors (Lipinski definition) is 1. The lowest BCUT2D eigenvalue weighted by molar-refractivity contribution is 0.0216. The second kappa shape index (κ2) is 3.10. The average Bonchev–Trinajstić information content (AvgIpc) is 1.88. The van der Waals surface area contributed by atoms with Gasteiger partial charge in [0, 0.05) is 5.92 Å². The first-order valence-corrected chi connectivity index (χ1v) is 4.06. The Hall–Kier alpha value is 0.250. The van der Waals surface area contributed by atoms with Crippen molar-refractivity contribution in [2.24, 2.45) is 5.92 Å². The van der Waals surface area contributed by atoms with Crippen LogP contribution < -0.4 is 5.32 Å². The molecule has 0 aromatic carbocycles. The Morgan fingerprint density at radius 2 is 1.80 bits per heavy atom. The highest BCUT2D eigenvalue weighted by molar-refractivity contribution is 7.18. The van der Waals surface area contributed by atoms with E-state index in [1.54, 1.807) is 9.24 Å². The topological polar surface area (TPSA) is 12.0 Å². The molecule has 0 bridgehead atoms. The highest BCUT2D eigenvalue weighted by Gasteiger charge is 2.34. The molecular formula is C6H12F2NP. The van der Waals surface area contributed by atoms with Crippen LogP contribution in [0.1, 0.15) is 12.8 Å². The second-order valence-corrected chi connectivity index (χ2v) is 3.47. The van der Waals surface area contributed by atoms with Gasteiger partial charge in [0.1, 0.15) is 0 Å². The largest absolute Gasteiger partial charge is 0.317 e. The molecule has 0 saturated carbocycles. The van der Waals surface area contributed by atoms with E-state index in [4.69, 9.17) is 0 Å². The fourth-order valence-corrected chi connectivity index (χ4v) is 1.54. The van der Waals surface area contributed by atoms with Gasteiger partial charge in [0.2, 0.25) is 0 Å². The van der Waals surface area contributed by atoms with E-state index in [-0.39, 0.29) is 0 Å². The molecule has 1 rings (SSSR count).